The van der Waals surface area contributed by atoms with E-state index >= 15 is 0 Å². The fourth-order valence-corrected chi connectivity index (χ4v) is 3.26. The van der Waals surface area contributed by atoms with Gasteiger partial charge in [0.05, 0.1) is 5.92 Å². The largest absolute Gasteiger partial charge is 0.340 e. The fourth-order valence-electron chi connectivity index (χ4n) is 3.26. The van der Waals surface area contributed by atoms with Gasteiger partial charge in [-0.2, -0.15) is 0 Å². The van der Waals surface area contributed by atoms with Crippen molar-refractivity contribution in [2.45, 2.75) is 13.3 Å². The minimum Gasteiger partial charge on any atom is -0.340 e. The minimum atomic E-state index is -0.199. The standard InChI is InChI=1S/C17H23N3O2/c1-13-5-3-4-6-15(13)20-12-14(11-16(20)21)17(22)19-9-7-18(2)8-10-19/h3-6,14H,7-12H2,1-2H3. The summed E-state index contributed by atoms with van der Waals surface area (Å²) in [6.45, 7) is 5.86. The summed E-state index contributed by atoms with van der Waals surface area (Å²) in [5, 5.41) is 0. The van der Waals surface area contributed by atoms with Crippen LogP contribution in [0.25, 0.3) is 0 Å². The summed E-state index contributed by atoms with van der Waals surface area (Å²) in [4.78, 5) is 30.9. The number of benzene rings is 1. The summed E-state index contributed by atoms with van der Waals surface area (Å²) in [5.74, 6) is -0.00479. The van der Waals surface area contributed by atoms with Crippen LogP contribution in [-0.2, 0) is 9.59 Å². The molecule has 1 aromatic rings. The van der Waals surface area contributed by atoms with Crippen molar-refractivity contribution in [1.82, 2.24) is 9.80 Å². The summed E-state index contributed by atoms with van der Waals surface area (Å²) in [5.41, 5.74) is 2.00. The topological polar surface area (TPSA) is 43.9 Å². The number of para-hydroxylation sites is 1. The molecule has 118 valence electrons. The van der Waals surface area contributed by atoms with Gasteiger partial charge in [0.1, 0.15) is 0 Å². The summed E-state index contributed by atoms with van der Waals surface area (Å²) >= 11 is 0. The Labute approximate surface area is 131 Å². The monoisotopic (exact) mass is 301 g/mol. The number of piperazine rings is 1. The van der Waals surface area contributed by atoms with Crippen molar-refractivity contribution in [3.63, 3.8) is 0 Å². The van der Waals surface area contributed by atoms with E-state index in [1.54, 1.807) is 4.90 Å². The predicted octanol–water partition coefficient (Wildman–Crippen LogP) is 1.12. The number of hydrogen-bond acceptors (Lipinski definition) is 3. The Balaban J connectivity index is 1.69. The summed E-state index contributed by atoms with van der Waals surface area (Å²) in [6, 6.07) is 7.85. The Morgan fingerprint density at radius 1 is 1.14 bits per heavy atom. The van der Waals surface area contributed by atoms with Crippen LogP contribution in [0, 0.1) is 12.8 Å². The second kappa shape index (κ2) is 6.08. The van der Waals surface area contributed by atoms with Gasteiger partial charge in [-0.25, -0.2) is 0 Å². The number of hydrogen-bond donors (Lipinski definition) is 0. The van der Waals surface area contributed by atoms with Gasteiger partial charge in [-0.1, -0.05) is 18.2 Å². The summed E-state index contributed by atoms with van der Waals surface area (Å²) < 4.78 is 0. The zero-order valence-electron chi connectivity index (χ0n) is 13.3. The van der Waals surface area contributed by atoms with Gasteiger partial charge in [0.2, 0.25) is 11.8 Å². The third-order valence-electron chi connectivity index (χ3n) is 4.70. The van der Waals surface area contributed by atoms with Crippen molar-refractivity contribution in [2.75, 3.05) is 44.7 Å². The van der Waals surface area contributed by atoms with Gasteiger partial charge < -0.3 is 14.7 Å². The summed E-state index contributed by atoms with van der Waals surface area (Å²) in [7, 11) is 2.07. The Morgan fingerprint density at radius 3 is 2.50 bits per heavy atom. The first kappa shape index (κ1) is 15.0. The molecule has 2 heterocycles. The molecule has 0 spiro atoms. The molecule has 0 aliphatic carbocycles. The first-order valence-electron chi connectivity index (χ1n) is 7.89. The molecule has 5 nitrogen and oxygen atoms in total. The Bertz CT molecular complexity index is 579. The molecule has 0 bridgehead atoms. The Morgan fingerprint density at radius 2 is 1.82 bits per heavy atom. The van der Waals surface area contributed by atoms with Gasteiger partial charge >= 0.3 is 0 Å². The average Bonchev–Trinajstić information content (AvgIpc) is 2.90. The molecule has 3 rings (SSSR count). The highest BCUT2D eigenvalue weighted by Crippen LogP contribution is 2.28. The van der Waals surface area contributed by atoms with Crippen molar-refractivity contribution in [2.24, 2.45) is 5.92 Å². The maximum absolute atomic E-state index is 12.6. The number of carbonyl (C=O) groups is 2. The quantitative estimate of drug-likeness (QED) is 0.822. The van der Waals surface area contributed by atoms with Gasteiger partial charge in [-0.15, -0.1) is 0 Å². The Kier molecular flexibility index (Phi) is 4.16. The van der Waals surface area contributed by atoms with Crippen molar-refractivity contribution >= 4 is 17.5 Å². The van der Waals surface area contributed by atoms with Gasteiger partial charge in [0.15, 0.2) is 0 Å². The number of anilines is 1. The van der Waals surface area contributed by atoms with E-state index in [0.717, 1.165) is 37.4 Å². The average molecular weight is 301 g/mol. The maximum Gasteiger partial charge on any atom is 0.228 e. The number of likely N-dealkylation sites (N-methyl/N-ethyl adjacent to an activating group) is 1. The second-order valence-corrected chi connectivity index (χ2v) is 6.32. The number of nitrogens with zero attached hydrogens (tertiary/aromatic N) is 3. The van der Waals surface area contributed by atoms with E-state index in [2.05, 4.69) is 11.9 Å². The normalized spacial score (nSPS) is 23.2. The number of carbonyl (C=O) groups excluding carboxylic acids is 2. The van der Waals surface area contributed by atoms with Crippen LogP contribution in [0.5, 0.6) is 0 Å². The van der Waals surface area contributed by atoms with Crippen LogP contribution in [0.2, 0.25) is 0 Å². The number of aryl methyl sites for hydroxylation is 1. The van der Waals surface area contributed by atoms with Crippen molar-refractivity contribution < 1.29 is 9.59 Å². The first-order valence-corrected chi connectivity index (χ1v) is 7.89. The highest BCUT2D eigenvalue weighted by Gasteiger charge is 2.38. The van der Waals surface area contributed by atoms with Crippen LogP contribution in [0.4, 0.5) is 5.69 Å². The van der Waals surface area contributed by atoms with Gasteiger partial charge in [-0.3, -0.25) is 9.59 Å². The zero-order chi connectivity index (χ0) is 15.7. The Hall–Kier alpha value is -1.88. The molecule has 2 fully saturated rings. The van der Waals surface area contributed by atoms with Crippen molar-refractivity contribution in [3.05, 3.63) is 29.8 Å². The van der Waals surface area contributed by atoms with Crippen LogP contribution in [0.15, 0.2) is 24.3 Å². The fraction of sp³-hybridized carbons (Fsp3) is 0.529. The third-order valence-corrected chi connectivity index (χ3v) is 4.70. The van der Waals surface area contributed by atoms with E-state index in [1.165, 1.54) is 0 Å². The second-order valence-electron chi connectivity index (χ2n) is 6.32. The summed E-state index contributed by atoms with van der Waals surface area (Å²) in [6.07, 6.45) is 0.333. The predicted molar refractivity (Wildman–Crippen MR) is 85.7 cm³/mol. The number of rotatable bonds is 2. The smallest absolute Gasteiger partial charge is 0.228 e. The van der Waals surface area contributed by atoms with Crippen molar-refractivity contribution in [1.29, 1.82) is 0 Å². The molecule has 0 radical (unpaired) electrons. The highest BCUT2D eigenvalue weighted by molar-refractivity contribution is 6.00. The lowest BCUT2D eigenvalue weighted by Gasteiger charge is -2.33. The van der Waals surface area contributed by atoms with Crippen LogP contribution < -0.4 is 4.90 Å². The highest BCUT2D eigenvalue weighted by atomic mass is 16.2. The molecule has 2 aliphatic rings. The zero-order valence-corrected chi connectivity index (χ0v) is 13.3. The van der Waals surface area contributed by atoms with E-state index in [0.29, 0.717) is 13.0 Å². The van der Waals surface area contributed by atoms with E-state index < -0.39 is 0 Å². The van der Waals surface area contributed by atoms with Crippen LogP contribution in [0.3, 0.4) is 0 Å². The van der Waals surface area contributed by atoms with Gasteiger partial charge in [0, 0.05) is 44.8 Å². The van der Waals surface area contributed by atoms with E-state index in [4.69, 9.17) is 0 Å². The molecule has 2 saturated heterocycles. The van der Waals surface area contributed by atoms with Gasteiger partial charge in [0.25, 0.3) is 0 Å². The van der Waals surface area contributed by atoms with Gasteiger partial charge in [-0.05, 0) is 25.6 Å². The lowest BCUT2D eigenvalue weighted by molar-refractivity contribution is -0.137. The molecule has 0 saturated carbocycles. The number of amides is 2. The molecule has 2 aliphatic heterocycles. The first-order chi connectivity index (χ1) is 10.6. The molecule has 0 aromatic heterocycles. The van der Waals surface area contributed by atoms with Crippen LogP contribution in [-0.4, -0.2) is 61.4 Å². The minimum absolute atomic E-state index is 0.0572. The van der Waals surface area contributed by atoms with Crippen LogP contribution in [0.1, 0.15) is 12.0 Å². The van der Waals surface area contributed by atoms with E-state index in [-0.39, 0.29) is 17.7 Å². The molecule has 1 unspecified atom stereocenters. The SMILES string of the molecule is Cc1ccccc1N1CC(C(=O)N2CCN(C)CC2)CC1=O. The molecule has 1 aromatic carbocycles. The molecule has 0 N–H and O–H groups in total. The molecular formula is C17H23N3O2. The van der Waals surface area contributed by atoms with E-state index in [1.807, 2.05) is 36.1 Å². The maximum atomic E-state index is 12.6. The third kappa shape index (κ3) is 2.86. The molecule has 2 amide bonds. The van der Waals surface area contributed by atoms with Crippen molar-refractivity contribution in [3.8, 4) is 0 Å². The van der Waals surface area contributed by atoms with E-state index in [9.17, 15) is 9.59 Å². The van der Waals surface area contributed by atoms with Crippen LogP contribution >= 0.6 is 0 Å². The molecule has 1 atom stereocenters. The lowest BCUT2D eigenvalue weighted by atomic mass is 10.1. The molecule has 5 heteroatoms. The lowest BCUT2D eigenvalue weighted by Crippen LogP contribution is -2.49. The molecular weight excluding hydrogens is 278 g/mol. The molecule has 22 heavy (non-hydrogen) atoms.